The van der Waals surface area contributed by atoms with E-state index in [1.54, 1.807) is 6.07 Å². The molecule has 3 aliphatic rings. The molecule has 0 radical (unpaired) electrons. The molecule has 1 aromatic rings. The maximum absolute atomic E-state index is 14.8. The highest BCUT2D eigenvalue weighted by Crippen LogP contribution is 2.29. The summed E-state index contributed by atoms with van der Waals surface area (Å²) >= 11 is 0. The van der Waals surface area contributed by atoms with Gasteiger partial charge in [-0.15, -0.1) is 0 Å². The van der Waals surface area contributed by atoms with Crippen LogP contribution < -0.4 is 21.3 Å². The fourth-order valence-electron chi connectivity index (χ4n) is 4.89. The Hall–Kier alpha value is -2.19. The van der Waals surface area contributed by atoms with Gasteiger partial charge in [-0.2, -0.15) is 0 Å². The summed E-state index contributed by atoms with van der Waals surface area (Å²) in [6.45, 7) is 5.11. The number of rotatable bonds is 6. The number of nitrogens with zero attached hydrogens (tertiary/aromatic N) is 2. The van der Waals surface area contributed by atoms with Crippen LogP contribution in [-0.2, 0) is 9.59 Å². The van der Waals surface area contributed by atoms with Crippen LogP contribution in [0.15, 0.2) is 18.2 Å². The van der Waals surface area contributed by atoms with Crippen LogP contribution in [0.5, 0.6) is 0 Å². The molecular weight excluding hydrogens is 397 g/mol. The third-order valence-electron chi connectivity index (χ3n) is 6.97. The smallest absolute Gasteiger partial charge is 0.249 e. The summed E-state index contributed by atoms with van der Waals surface area (Å²) in [4.78, 5) is 27.8. The molecular formula is C23H34FN5O2. The molecule has 0 bridgehead atoms. The van der Waals surface area contributed by atoms with Gasteiger partial charge in [0.2, 0.25) is 11.8 Å². The Kier molecular flexibility index (Phi) is 7.07. The van der Waals surface area contributed by atoms with Crippen LogP contribution in [0, 0.1) is 11.7 Å². The molecule has 0 aromatic heterocycles. The Bertz CT molecular complexity index is 788. The Morgan fingerprint density at radius 3 is 2.48 bits per heavy atom. The van der Waals surface area contributed by atoms with Crippen LogP contribution in [-0.4, -0.2) is 61.5 Å². The maximum Gasteiger partial charge on any atom is 0.249 e. The molecule has 7 nitrogen and oxygen atoms in total. The predicted octanol–water partition coefficient (Wildman–Crippen LogP) is 2.07. The minimum atomic E-state index is -0.505. The topological polar surface area (TPSA) is 90.7 Å². The summed E-state index contributed by atoms with van der Waals surface area (Å²) < 4.78 is 14.8. The number of likely N-dealkylation sites (tertiary alicyclic amines) is 1. The van der Waals surface area contributed by atoms with Crippen molar-refractivity contribution >= 4 is 23.2 Å². The van der Waals surface area contributed by atoms with Crippen LogP contribution in [0.1, 0.15) is 44.9 Å². The van der Waals surface area contributed by atoms with Crippen molar-refractivity contribution in [1.29, 1.82) is 0 Å². The Morgan fingerprint density at radius 2 is 1.81 bits per heavy atom. The number of nitrogens with two attached hydrogens (primary N) is 1. The molecule has 0 spiro atoms. The number of carbonyl (C=O) groups is 2. The van der Waals surface area contributed by atoms with Gasteiger partial charge in [0.05, 0.1) is 5.69 Å². The summed E-state index contributed by atoms with van der Waals surface area (Å²) in [7, 11) is 0. The lowest BCUT2D eigenvalue weighted by Crippen LogP contribution is -2.47. The van der Waals surface area contributed by atoms with Crippen molar-refractivity contribution < 1.29 is 14.0 Å². The third-order valence-corrected chi connectivity index (χ3v) is 6.97. The molecule has 31 heavy (non-hydrogen) atoms. The van der Waals surface area contributed by atoms with Crippen molar-refractivity contribution in [2.45, 2.75) is 57.0 Å². The number of imide groups is 1. The van der Waals surface area contributed by atoms with E-state index in [1.807, 2.05) is 6.07 Å². The van der Waals surface area contributed by atoms with Crippen LogP contribution in [0.3, 0.4) is 0 Å². The van der Waals surface area contributed by atoms with E-state index < -0.39 is 6.04 Å². The molecule has 3 heterocycles. The summed E-state index contributed by atoms with van der Waals surface area (Å²) in [5, 5.41) is 5.36. The zero-order chi connectivity index (χ0) is 21.8. The summed E-state index contributed by atoms with van der Waals surface area (Å²) in [6, 6.07) is 4.93. The largest absolute Gasteiger partial charge is 0.374 e. The van der Waals surface area contributed by atoms with Crippen molar-refractivity contribution in [3.63, 3.8) is 0 Å². The lowest BCUT2D eigenvalue weighted by Gasteiger charge is -2.36. The molecule has 1 unspecified atom stereocenters. The van der Waals surface area contributed by atoms with Crippen molar-refractivity contribution in [1.82, 2.24) is 10.2 Å². The summed E-state index contributed by atoms with van der Waals surface area (Å²) in [5.41, 5.74) is 7.17. The van der Waals surface area contributed by atoms with Gasteiger partial charge in [-0.1, -0.05) is 0 Å². The van der Waals surface area contributed by atoms with E-state index in [4.69, 9.17) is 5.73 Å². The normalized spacial score (nSPS) is 24.3. The summed E-state index contributed by atoms with van der Waals surface area (Å²) in [5.74, 6) is -0.188. The number of carbonyl (C=O) groups excluding carboxylic acids is 2. The van der Waals surface area contributed by atoms with E-state index in [0.29, 0.717) is 36.2 Å². The number of hydrogen-bond acceptors (Lipinski definition) is 6. The number of piperidine rings is 3. The van der Waals surface area contributed by atoms with Gasteiger partial charge >= 0.3 is 0 Å². The van der Waals surface area contributed by atoms with Crippen LogP contribution in [0.2, 0.25) is 0 Å². The molecule has 3 saturated heterocycles. The number of nitrogens with one attached hydrogen (secondary N) is 2. The zero-order valence-corrected chi connectivity index (χ0v) is 18.1. The lowest BCUT2D eigenvalue weighted by molar-refractivity contribution is -0.133. The van der Waals surface area contributed by atoms with Gasteiger partial charge in [0.1, 0.15) is 11.9 Å². The van der Waals surface area contributed by atoms with E-state index in [1.165, 1.54) is 12.5 Å². The van der Waals surface area contributed by atoms with E-state index in [0.717, 1.165) is 58.4 Å². The van der Waals surface area contributed by atoms with Gasteiger partial charge in [-0.3, -0.25) is 14.9 Å². The van der Waals surface area contributed by atoms with Crippen LogP contribution in [0.4, 0.5) is 15.8 Å². The number of anilines is 2. The predicted molar refractivity (Wildman–Crippen MR) is 119 cm³/mol. The van der Waals surface area contributed by atoms with Crippen molar-refractivity contribution in [2.75, 3.05) is 42.9 Å². The molecule has 0 aliphatic carbocycles. The second-order valence-electron chi connectivity index (χ2n) is 9.21. The molecule has 4 N–H and O–H groups in total. The van der Waals surface area contributed by atoms with Crippen molar-refractivity contribution in [3.8, 4) is 0 Å². The number of hydrogen-bond donors (Lipinski definition) is 3. The molecule has 170 valence electrons. The average Bonchev–Trinajstić information content (AvgIpc) is 2.76. The SMILES string of the molecule is NC1CCN(CCC2CCN(c3ccc(NC4CCC(=O)NC4=O)cc3F)CC2)CC1. The molecule has 4 rings (SSSR count). The van der Waals surface area contributed by atoms with Gasteiger partial charge in [0, 0.05) is 31.2 Å². The fourth-order valence-corrected chi connectivity index (χ4v) is 4.89. The zero-order valence-electron chi connectivity index (χ0n) is 18.1. The van der Waals surface area contributed by atoms with E-state index in [2.05, 4.69) is 20.4 Å². The van der Waals surface area contributed by atoms with Crippen LogP contribution >= 0.6 is 0 Å². The number of amides is 2. The first-order valence-corrected chi connectivity index (χ1v) is 11.6. The number of halogens is 1. The first-order chi connectivity index (χ1) is 15.0. The first kappa shape index (κ1) is 22.0. The third kappa shape index (κ3) is 5.74. The molecule has 8 heteroatoms. The van der Waals surface area contributed by atoms with Crippen LogP contribution in [0.25, 0.3) is 0 Å². The monoisotopic (exact) mass is 431 g/mol. The second-order valence-corrected chi connectivity index (χ2v) is 9.21. The van der Waals surface area contributed by atoms with E-state index >= 15 is 0 Å². The highest BCUT2D eigenvalue weighted by atomic mass is 19.1. The van der Waals surface area contributed by atoms with Crippen molar-refractivity contribution in [3.05, 3.63) is 24.0 Å². The average molecular weight is 432 g/mol. The highest BCUT2D eigenvalue weighted by molar-refractivity contribution is 6.01. The van der Waals surface area contributed by atoms with Gasteiger partial charge < -0.3 is 20.9 Å². The first-order valence-electron chi connectivity index (χ1n) is 11.6. The lowest BCUT2D eigenvalue weighted by atomic mass is 9.92. The maximum atomic E-state index is 14.8. The second kappa shape index (κ2) is 9.96. The molecule has 0 saturated carbocycles. The minimum Gasteiger partial charge on any atom is -0.374 e. The molecule has 1 aromatic carbocycles. The van der Waals surface area contributed by atoms with Gasteiger partial charge in [-0.05, 0) is 82.3 Å². The van der Waals surface area contributed by atoms with E-state index in [9.17, 15) is 14.0 Å². The molecule has 1 atom stereocenters. The van der Waals surface area contributed by atoms with Gasteiger partial charge in [-0.25, -0.2) is 4.39 Å². The Morgan fingerprint density at radius 1 is 1.06 bits per heavy atom. The molecule has 3 aliphatic heterocycles. The van der Waals surface area contributed by atoms with Gasteiger partial charge in [0.15, 0.2) is 0 Å². The van der Waals surface area contributed by atoms with Gasteiger partial charge in [0.25, 0.3) is 0 Å². The number of benzene rings is 1. The molecule has 3 fully saturated rings. The highest BCUT2D eigenvalue weighted by Gasteiger charge is 2.27. The summed E-state index contributed by atoms with van der Waals surface area (Å²) in [6.07, 6.45) is 6.31. The Labute approximate surface area is 183 Å². The van der Waals surface area contributed by atoms with E-state index in [-0.39, 0.29) is 17.6 Å². The minimum absolute atomic E-state index is 0.256. The molecule has 2 amide bonds. The quantitative estimate of drug-likeness (QED) is 0.598. The standard InChI is InChI=1S/C23H34FN5O2/c24-19-15-18(26-20-2-4-22(30)27-23(20)31)1-3-21(19)29-13-6-16(7-14-29)5-10-28-11-8-17(25)9-12-28/h1,3,15-17,20,26H,2,4-14,25H2,(H,27,30,31). The Balaban J connectivity index is 1.25. The fraction of sp³-hybridized carbons (Fsp3) is 0.652. The van der Waals surface area contributed by atoms with Crippen molar-refractivity contribution in [2.24, 2.45) is 11.7 Å².